The van der Waals surface area contributed by atoms with Crippen molar-refractivity contribution in [3.8, 4) is 11.5 Å². The lowest BCUT2D eigenvalue weighted by Gasteiger charge is -2.16. The van der Waals surface area contributed by atoms with E-state index in [9.17, 15) is 4.39 Å². The lowest BCUT2D eigenvalue weighted by molar-refractivity contribution is 0.395. The predicted octanol–water partition coefficient (Wildman–Crippen LogP) is 3.94. The highest BCUT2D eigenvalue weighted by molar-refractivity contribution is 5.67. The molecule has 0 spiro atoms. The van der Waals surface area contributed by atoms with Gasteiger partial charge in [0.15, 0.2) is 0 Å². The number of aromatic nitrogens is 3. The van der Waals surface area contributed by atoms with Crippen molar-refractivity contribution in [1.29, 1.82) is 0 Å². The molecule has 2 heterocycles. The van der Waals surface area contributed by atoms with E-state index < -0.39 is 0 Å². The molecule has 0 aliphatic carbocycles. The maximum atomic E-state index is 13.9. The lowest BCUT2D eigenvalue weighted by Crippen LogP contribution is -2.10. The molecule has 140 valence electrons. The smallest absolute Gasteiger partial charge is 0.146 e. The summed E-state index contributed by atoms with van der Waals surface area (Å²) in [7, 11) is 3.18. The Morgan fingerprint density at radius 2 is 1.85 bits per heavy atom. The van der Waals surface area contributed by atoms with E-state index in [-0.39, 0.29) is 11.9 Å². The zero-order valence-electron chi connectivity index (χ0n) is 15.2. The fourth-order valence-corrected chi connectivity index (χ4v) is 2.58. The Morgan fingerprint density at radius 1 is 1.04 bits per heavy atom. The van der Waals surface area contributed by atoms with Gasteiger partial charge in [0.25, 0.3) is 0 Å². The molecule has 0 bridgehead atoms. The van der Waals surface area contributed by atoms with Crippen molar-refractivity contribution >= 4 is 17.3 Å². The van der Waals surface area contributed by atoms with Crippen molar-refractivity contribution in [2.75, 3.05) is 24.9 Å². The van der Waals surface area contributed by atoms with Crippen LogP contribution in [0.3, 0.4) is 0 Å². The van der Waals surface area contributed by atoms with E-state index in [4.69, 9.17) is 9.47 Å². The van der Waals surface area contributed by atoms with Crippen LogP contribution in [0.2, 0.25) is 0 Å². The first kappa shape index (κ1) is 18.4. The summed E-state index contributed by atoms with van der Waals surface area (Å²) in [4.78, 5) is 12.2. The zero-order chi connectivity index (χ0) is 19.2. The van der Waals surface area contributed by atoms with E-state index in [1.165, 1.54) is 12.5 Å². The first-order valence-electron chi connectivity index (χ1n) is 8.27. The van der Waals surface area contributed by atoms with Gasteiger partial charge in [-0.25, -0.2) is 14.4 Å². The van der Waals surface area contributed by atoms with Crippen molar-refractivity contribution in [3.63, 3.8) is 0 Å². The summed E-state index contributed by atoms with van der Waals surface area (Å²) in [5.41, 5.74) is 1.24. The molecule has 3 aromatic rings. The average molecular weight is 369 g/mol. The number of nitrogens with zero attached hydrogens (tertiary/aromatic N) is 3. The third kappa shape index (κ3) is 4.41. The second-order valence-electron chi connectivity index (χ2n) is 5.74. The number of rotatable bonds is 7. The van der Waals surface area contributed by atoms with Gasteiger partial charge < -0.3 is 20.1 Å². The topological polar surface area (TPSA) is 81.2 Å². The third-order valence-electron chi connectivity index (χ3n) is 3.97. The molecule has 2 N–H and O–H groups in total. The molecule has 1 atom stereocenters. The van der Waals surface area contributed by atoms with Gasteiger partial charge in [-0.15, -0.1) is 0 Å². The average Bonchev–Trinajstić information content (AvgIpc) is 2.69. The van der Waals surface area contributed by atoms with E-state index in [2.05, 4.69) is 25.6 Å². The van der Waals surface area contributed by atoms with Gasteiger partial charge in [0.2, 0.25) is 0 Å². The molecule has 0 radical (unpaired) electrons. The second-order valence-corrected chi connectivity index (χ2v) is 5.74. The quantitative estimate of drug-likeness (QED) is 0.653. The van der Waals surface area contributed by atoms with Crippen molar-refractivity contribution in [2.24, 2.45) is 0 Å². The molecule has 3 rings (SSSR count). The first-order chi connectivity index (χ1) is 13.1. The van der Waals surface area contributed by atoms with Crippen LogP contribution in [0.4, 0.5) is 21.7 Å². The second kappa shape index (κ2) is 8.31. The van der Waals surface area contributed by atoms with Gasteiger partial charge in [-0.2, -0.15) is 0 Å². The summed E-state index contributed by atoms with van der Waals surface area (Å²) in [5, 5.41) is 6.35. The minimum absolute atomic E-state index is 0.286. The normalized spacial score (nSPS) is 11.6. The molecule has 1 unspecified atom stereocenters. The van der Waals surface area contributed by atoms with E-state index in [0.717, 1.165) is 5.69 Å². The highest BCUT2D eigenvalue weighted by Crippen LogP contribution is 2.31. The fourth-order valence-electron chi connectivity index (χ4n) is 2.58. The van der Waals surface area contributed by atoms with Gasteiger partial charge >= 0.3 is 0 Å². The summed E-state index contributed by atoms with van der Waals surface area (Å²) in [6.07, 6.45) is 4.17. The maximum Gasteiger partial charge on any atom is 0.146 e. The number of halogens is 1. The fraction of sp³-hybridized carbons (Fsp3) is 0.211. The Bertz CT molecular complexity index is 922. The van der Waals surface area contributed by atoms with Crippen molar-refractivity contribution in [3.05, 3.63) is 60.4 Å². The zero-order valence-corrected chi connectivity index (χ0v) is 15.2. The summed E-state index contributed by atoms with van der Waals surface area (Å²) in [5.74, 6) is 2.07. The molecule has 0 aliphatic heterocycles. The number of pyridine rings is 1. The molecule has 7 nitrogen and oxygen atoms in total. The Labute approximate surface area is 156 Å². The van der Waals surface area contributed by atoms with Crippen LogP contribution in [0.5, 0.6) is 11.5 Å². The van der Waals surface area contributed by atoms with Crippen LogP contribution >= 0.6 is 0 Å². The lowest BCUT2D eigenvalue weighted by atomic mass is 10.1. The molecule has 0 saturated heterocycles. The van der Waals surface area contributed by atoms with Crippen LogP contribution in [0.15, 0.2) is 49.1 Å². The van der Waals surface area contributed by atoms with Gasteiger partial charge in [0.1, 0.15) is 35.3 Å². The molecule has 0 fully saturated rings. The largest absolute Gasteiger partial charge is 0.497 e. The Hall–Kier alpha value is -3.42. The number of methoxy groups -OCH3 is 2. The van der Waals surface area contributed by atoms with E-state index in [1.54, 1.807) is 38.6 Å². The monoisotopic (exact) mass is 369 g/mol. The molecule has 1 aromatic carbocycles. The number of ether oxygens (including phenoxy) is 2. The predicted molar refractivity (Wildman–Crippen MR) is 101 cm³/mol. The number of benzene rings is 1. The SMILES string of the molecule is COc1ccc(Nc2cc(NC(C)c3ccncc3F)ncn2)c(OC)c1. The van der Waals surface area contributed by atoms with Crippen LogP contribution in [0.25, 0.3) is 0 Å². The minimum atomic E-state index is -0.368. The van der Waals surface area contributed by atoms with Crippen molar-refractivity contribution < 1.29 is 13.9 Å². The highest BCUT2D eigenvalue weighted by atomic mass is 19.1. The van der Waals surface area contributed by atoms with E-state index in [1.807, 2.05) is 19.1 Å². The number of nitrogens with one attached hydrogen (secondary N) is 2. The minimum Gasteiger partial charge on any atom is -0.497 e. The maximum absolute atomic E-state index is 13.9. The molecular formula is C19H20FN5O2. The van der Waals surface area contributed by atoms with Gasteiger partial charge in [0, 0.05) is 23.9 Å². The summed E-state index contributed by atoms with van der Waals surface area (Å²) in [6.45, 7) is 1.85. The Balaban J connectivity index is 1.77. The summed E-state index contributed by atoms with van der Waals surface area (Å²) in [6, 6.07) is 8.51. The molecule has 2 aromatic heterocycles. The van der Waals surface area contributed by atoms with Gasteiger partial charge in [-0.05, 0) is 25.1 Å². The first-order valence-corrected chi connectivity index (χ1v) is 8.27. The number of hydrogen-bond donors (Lipinski definition) is 2. The van der Waals surface area contributed by atoms with Crippen LogP contribution in [-0.4, -0.2) is 29.2 Å². The highest BCUT2D eigenvalue weighted by Gasteiger charge is 2.12. The third-order valence-corrected chi connectivity index (χ3v) is 3.97. The molecule has 0 aliphatic rings. The van der Waals surface area contributed by atoms with Gasteiger partial charge in [-0.3, -0.25) is 4.98 Å². The van der Waals surface area contributed by atoms with E-state index in [0.29, 0.717) is 28.7 Å². The summed E-state index contributed by atoms with van der Waals surface area (Å²) >= 11 is 0. The molecule has 8 heteroatoms. The molecular weight excluding hydrogens is 349 g/mol. The number of hydrogen-bond acceptors (Lipinski definition) is 7. The van der Waals surface area contributed by atoms with Crippen LogP contribution in [-0.2, 0) is 0 Å². The van der Waals surface area contributed by atoms with Gasteiger partial charge in [0.05, 0.1) is 32.1 Å². The van der Waals surface area contributed by atoms with Crippen LogP contribution < -0.4 is 20.1 Å². The van der Waals surface area contributed by atoms with E-state index >= 15 is 0 Å². The Morgan fingerprint density at radius 3 is 2.59 bits per heavy atom. The molecule has 0 amide bonds. The van der Waals surface area contributed by atoms with Crippen molar-refractivity contribution in [1.82, 2.24) is 15.0 Å². The standard InChI is InChI=1S/C19H20FN5O2/c1-12(14-6-7-21-10-15(14)20)24-18-9-19(23-11-22-18)25-16-5-4-13(26-2)8-17(16)27-3/h4-12H,1-3H3,(H2,22,23,24,25). The van der Waals surface area contributed by atoms with Crippen LogP contribution in [0, 0.1) is 5.82 Å². The molecule has 27 heavy (non-hydrogen) atoms. The molecule has 0 saturated carbocycles. The Kier molecular flexibility index (Phi) is 5.65. The van der Waals surface area contributed by atoms with Crippen molar-refractivity contribution in [2.45, 2.75) is 13.0 Å². The van der Waals surface area contributed by atoms with Crippen LogP contribution in [0.1, 0.15) is 18.5 Å². The van der Waals surface area contributed by atoms with Gasteiger partial charge in [-0.1, -0.05) is 0 Å². The number of anilines is 3. The summed E-state index contributed by atoms with van der Waals surface area (Å²) < 4.78 is 24.5.